The maximum atomic E-state index is 11.3. The van der Waals surface area contributed by atoms with Crippen LogP contribution in [0, 0.1) is 0 Å². The maximum Gasteiger partial charge on any atom is 0.319 e. The van der Waals surface area contributed by atoms with Crippen molar-refractivity contribution in [2.75, 3.05) is 11.9 Å². The first-order valence-electron chi connectivity index (χ1n) is 4.97. The highest BCUT2D eigenvalue weighted by Gasteiger charge is 2.05. The van der Waals surface area contributed by atoms with E-state index in [0.717, 1.165) is 12.1 Å². The Balaban J connectivity index is 2.19. The zero-order chi connectivity index (χ0) is 11.1. The summed E-state index contributed by atoms with van der Waals surface area (Å²) in [6.07, 6.45) is 1.16. The summed E-state index contributed by atoms with van der Waals surface area (Å²) in [6.45, 7) is 2.29. The number of carbonyl (C=O) groups is 1. The Kier molecular flexibility index (Phi) is 5.14. The molecule has 84 valence electrons. The predicted molar refractivity (Wildman–Crippen MR) is 62.3 cm³/mol. The minimum atomic E-state index is -0.455. The van der Waals surface area contributed by atoms with Crippen molar-refractivity contribution in [1.82, 2.24) is 5.32 Å². The van der Waals surface area contributed by atoms with Gasteiger partial charge < -0.3 is 15.7 Å². The van der Waals surface area contributed by atoms with Crippen LogP contribution in [0.15, 0.2) is 16.8 Å². The van der Waals surface area contributed by atoms with Crippen molar-refractivity contribution >= 4 is 23.1 Å². The molecule has 2 amide bonds. The summed E-state index contributed by atoms with van der Waals surface area (Å²) in [5.74, 6) is 0. The van der Waals surface area contributed by atoms with E-state index < -0.39 is 6.10 Å². The van der Waals surface area contributed by atoms with Crippen LogP contribution >= 0.6 is 11.3 Å². The minimum Gasteiger partial charge on any atom is -0.391 e. The smallest absolute Gasteiger partial charge is 0.319 e. The van der Waals surface area contributed by atoms with Crippen LogP contribution in [0.5, 0.6) is 0 Å². The lowest BCUT2D eigenvalue weighted by Crippen LogP contribution is -2.35. The molecule has 1 aromatic heterocycles. The van der Waals surface area contributed by atoms with Crippen LogP contribution in [0.1, 0.15) is 19.8 Å². The van der Waals surface area contributed by atoms with E-state index in [1.165, 1.54) is 11.3 Å². The number of rotatable bonds is 5. The third-order valence-electron chi connectivity index (χ3n) is 1.90. The number of anilines is 1. The van der Waals surface area contributed by atoms with E-state index in [4.69, 9.17) is 0 Å². The van der Waals surface area contributed by atoms with E-state index in [1.54, 1.807) is 0 Å². The van der Waals surface area contributed by atoms with Crippen molar-refractivity contribution in [2.24, 2.45) is 0 Å². The van der Waals surface area contributed by atoms with Gasteiger partial charge in [0.2, 0.25) is 0 Å². The molecule has 1 rings (SSSR count). The molecule has 0 aliphatic rings. The molecule has 3 N–H and O–H groups in total. The molecule has 15 heavy (non-hydrogen) atoms. The fourth-order valence-electron chi connectivity index (χ4n) is 1.16. The first-order chi connectivity index (χ1) is 7.22. The first-order valence-corrected chi connectivity index (χ1v) is 5.91. The summed E-state index contributed by atoms with van der Waals surface area (Å²) >= 11 is 1.52. The van der Waals surface area contributed by atoms with Crippen LogP contribution in [-0.2, 0) is 0 Å². The van der Waals surface area contributed by atoms with E-state index in [0.29, 0.717) is 13.0 Å². The second kappa shape index (κ2) is 6.42. The average Bonchev–Trinajstić information content (AvgIpc) is 2.68. The average molecular weight is 228 g/mol. The molecule has 0 aliphatic heterocycles. The van der Waals surface area contributed by atoms with Gasteiger partial charge in [-0.05, 0) is 17.9 Å². The minimum absolute atomic E-state index is 0.274. The van der Waals surface area contributed by atoms with Crippen molar-refractivity contribution in [1.29, 1.82) is 0 Å². The summed E-state index contributed by atoms with van der Waals surface area (Å²) in [7, 11) is 0. The topological polar surface area (TPSA) is 61.4 Å². The summed E-state index contributed by atoms with van der Waals surface area (Å²) in [5, 5.41) is 18.4. The van der Waals surface area contributed by atoms with Crippen LogP contribution in [0.25, 0.3) is 0 Å². The van der Waals surface area contributed by atoms with Gasteiger partial charge in [-0.2, -0.15) is 11.3 Å². The second-order valence-corrected chi connectivity index (χ2v) is 4.07. The highest BCUT2D eigenvalue weighted by atomic mass is 32.1. The Bertz CT molecular complexity index is 288. The summed E-state index contributed by atoms with van der Waals surface area (Å²) in [5.41, 5.74) is 0.780. The van der Waals surface area contributed by atoms with Crippen molar-refractivity contribution in [3.05, 3.63) is 16.8 Å². The van der Waals surface area contributed by atoms with Crippen molar-refractivity contribution in [3.8, 4) is 0 Å². The van der Waals surface area contributed by atoms with Gasteiger partial charge in [0, 0.05) is 11.9 Å². The fraction of sp³-hybridized carbons (Fsp3) is 0.500. The highest BCUT2D eigenvalue weighted by Crippen LogP contribution is 2.11. The molecule has 0 fully saturated rings. The number of aliphatic hydroxyl groups excluding tert-OH is 1. The lowest BCUT2D eigenvalue weighted by atomic mass is 10.2. The summed E-state index contributed by atoms with van der Waals surface area (Å²) in [6, 6.07) is 1.55. The third-order valence-corrected chi connectivity index (χ3v) is 2.58. The molecule has 0 saturated heterocycles. The van der Waals surface area contributed by atoms with E-state index in [2.05, 4.69) is 10.6 Å². The number of carbonyl (C=O) groups excluding carboxylic acids is 1. The quantitative estimate of drug-likeness (QED) is 0.722. The number of thiophene rings is 1. The van der Waals surface area contributed by atoms with Gasteiger partial charge in [-0.25, -0.2) is 4.79 Å². The zero-order valence-electron chi connectivity index (χ0n) is 8.69. The maximum absolute atomic E-state index is 11.3. The fourth-order valence-corrected chi connectivity index (χ4v) is 1.74. The van der Waals surface area contributed by atoms with Gasteiger partial charge in [0.25, 0.3) is 0 Å². The lowest BCUT2D eigenvalue weighted by Gasteiger charge is -2.10. The molecule has 0 aromatic carbocycles. The largest absolute Gasteiger partial charge is 0.391 e. The summed E-state index contributed by atoms with van der Waals surface area (Å²) < 4.78 is 0. The molecule has 5 heteroatoms. The molecule has 0 bridgehead atoms. The first kappa shape index (κ1) is 12.0. The van der Waals surface area contributed by atoms with Gasteiger partial charge in [0.15, 0.2) is 0 Å². The number of amides is 2. The van der Waals surface area contributed by atoms with Crippen LogP contribution in [0.3, 0.4) is 0 Å². The Morgan fingerprint density at radius 3 is 3.07 bits per heavy atom. The third kappa shape index (κ3) is 4.80. The molecule has 4 nitrogen and oxygen atoms in total. The molecule has 0 saturated carbocycles. The van der Waals surface area contributed by atoms with Gasteiger partial charge in [-0.1, -0.05) is 13.3 Å². The van der Waals surface area contributed by atoms with E-state index in [1.807, 2.05) is 23.8 Å². The van der Waals surface area contributed by atoms with Crippen molar-refractivity contribution < 1.29 is 9.90 Å². The number of urea groups is 1. The second-order valence-electron chi connectivity index (χ2n) is 3.29. The molecule has 0 radical (unpaired) electrons. The standard InChI is InChI=1S/C10H16N2O2S/c1-2-3-9(13)6-11-10(14)12-8-4-5-15-7-8/h4-5,7,9,13H,2-3,6H2,1H3,(H2,11,12,14). The highest BCUT2D eigenvalue weighted by molar-refractivity contribution is 7.08. The van der Waals surface area contributed by atoms with Crippen LogP contribution in [0.4, 0.5) is 10.5 Å². The molecule has 1 atom stereocenters. The van der Waals surface area contributed by atoms with E-state index in [-0.39, 0.29) is 6.03 Å². The molecular weight excluding hydrogens is 212 g/mol. The molecule has 1 aromatic rings. The van der Waals surface area contributed by atoms with Crippen LogP contribution in [-0.4, -0.2) is 23.8 Å². The molecule has 1 unspecified atom stereocenters. The van der Waals surface area contributed by atoms with Gasteiger partial charge in [-0.15, -0.1) is 0 Å². The summed E-state index contributed by atoms with van der Waals surface area (Å²) in [4.78, 5) is 11.3. The molecule has 1 heterocycles. The van der Waals surface area contributed by atoms with Gasteiger partial charge >= 0.3 is 6.03 Å². The Hall–Kier alpha value is -1.07. The Labute approximate surface area is 93.3 Å². The lowest BCUT2D eigenvalue weighted by molar-refractivity contribution is 0.162. The number of nitrogens with one attached hydrogen (secondary N) is 2. The SMILES string of the molecule is CCCC(O)CNC(=O)Nc1ccsc1. The van der Waals surface area contributed by atoms with Crippen molar-refractivity contribution in [3.63, 3.8) is 0 Å². The Morgan fingerprint density at radius 2 is 2.47 bits per heavy atom. The van der Waals surface area contributed by atoms with Gasteiger partial charge in [0.05, 0.1) is 11.8 Å². The normalized spacial score (nSPS) is 12.1. The van der Waals surface area contributed by atoms with Gasteiger partial charge in [-0.3, -0.25) is 0 Å². The molecule has 0 spiro atoms. The monoisotopic (exact) mass is 228 g/mol. The van der Waals surface area contributed by atoms with Crippen LogP contribution < -0.4 is 10.6 Å². The zero-order valence-corrected chi connectivity index (χ0v) is 9.51. The van der Waals surface area contributed by atoms with E-state index >= 15 is 0 Å². The van der Waals surface area contributed by atoms with Crippen molar-refractivity contribution in [2.45, 2.75) is 25.9 Å². The van der Waals surface area contributed by atoms with E-state index in [9.17, 15) is 9.90 Å². The Morgan fingerprint density at radius 1 is 1.67 bits per heavy atom. The van der Waals surface area contributed by atoms with Crippen LogP contribution in [0.2, 0.25) is 0 Å². The predicted octanol–water partition coefficient (Wildman–Crippen LogP) is 2.03. The number of hydrogen-bond donors (Lipinski definition) is 3. The molecular formula is C10H16N2O2S. The molecule has 0 aliphatic carbocycles. The van der Waals surface area contributed by atoms with Gasteiger partial charge in [0.1, 0.15) is 0 Å². The number of hydrogen-bond acceptors (Lipinski definition) is 3. The number of aliphatic hydroxyl groups is 1.